The summed E-state index contributed by atoms with van der Waals surface area (Å²) in [4.78, 5) is 20.0. The number of fused-ring (bicyclic) bond motifs is 1. The largest absolute Gasteiger partial charge is 0.348 e. The van der Waals surface area contributed by atoms with Gasteiger partial charge in [-0.3, -0.25) is 4.79 Å². The Labute approximate surface area is 155 Å². The maximum atomic E-state index is 12.6. The highest BCUT2D eigenvalue weighted by Gasteiger charge is 2.43. The first-order valence-electron chi connectivity index (χ1n) is 9.60. The van der Waals surface area contributed by atoms with Crippen molar-refractivity contribution in [1.29, 1.82) is 0 Å². The third-order valence-electron chi connectivity index (χ3n) is 6.07. The van der Waals surface area contributed by atoms with Crippen molar-refractivity contribution in [2.24, 2.45) is 23.7 Å². The zero-order valence-electron chi connectivity index (χ0n) is 15.3. The summed E-state index contributed by atoms with van der Waals surface area (Å²) in [6.45, 7) is 1.79. The molecule has 26 heavy (non-hydrogen) atoms. The molecule has 2 aliphatic rings. The van der Waals surface area contributed by atoms with Crippen LogP contribution in [-0.4, -0.2) is 15.8 Å². The number of benzene rings is 1. The molecule has 0 saturated heterocycles. The van der Waals surface area contributed by atoms with Crippen molar-refractivity contribution in [3.63, 3.8) is 0 Å². The van der Waals surface area contributed by atoms with Crippen molar-refractivity contribution in [2.75, 3.05) is 0 Å². The maximum absolute atomic E-state index is 12.6. The summed E-state index contributed by atoms with van der Waals surface area (Å²) >= 11 is 0. The molecule has 1 aromatic carbocycles. The predicted molar refractivity (Wildman–Crippen MR) is 104 cm³/mol. The lowest BCUT2D eigenvalue weighted by molar-refractivity contribution is -0.125. The maximum Gasteiger partial charge on any atom is 0.133 e. The predicted octanol–water partition coefficient (Wildman–Crippen LogP) is 4.54. The molecule has 1 fully saturated rings. The van der Waals surface area contributed by atoms with Crippen LogP contribution in [-0.2, 0) is 17.6 Å². The molecule has 0 amide bonds. The van der Waals surface area contributed by atoms with E-state index in [2.05, 4.69) is 58.5 Å². The number of carbonyl (C=O) groups excluding carboxylic acids is 1. The first kappa shape index (κ1) is 17.0. The van der Waals surface area contributed by atoms with Gasteiger partial charge in [-0.25, -0.2) is 4.98 Å². The molecule has 3 heteroatoms. The SMILES string of the molecule is CC(=O)C1C(Cc2ccccc2)CC(Cc2cnc[nH]2)C2=CC=CCC21. The van der Waals surface area contributed by atoms with Gasteiger partial charge in [0.2, 0.25) is 0 Å². The van der Waals surface area contributed by atoms with E-state index < -0.39 is 0 Å². The summed E-state index contributed by atoms with van der Waals surface area (Å²) in [5.41, 5.74) is 3.98. The highest BCUT2D eigenvalue weighted by atomic mass is 16.1. The van der Waals surface area contributed by atoms with Crippen LogP contribution < -0.4 is 0 Å². The van der Waals surface area contributed by atoms with E-state index in [4.69, 9.17) is 0 Å². The Kier molecular flexibility index (Phi) is 4.87. The quantitative estimate of drug-likeness (QED) is 0.864. The number of nitrogens with zero attached hydrogens (tertiary/aromatic N) is 1. The molecule has 0 bridgehead atoms. The van der Waals surface area contributed by atoms with Gasteiger partial charge in [-0.2, -0.15) is 0 Å². The summed E-state index contributed by atoms with van der Waals surface area (Å²) in [6.07, 6.45) is 14.4. The lowest BCUT2D eigenvalue weighted by atomic mass is 9.60. The molecule has 2 aliphatic carbocycles. The van der Waals surface area contributed by atoms with Crippen molar-refractivity contribution in [3.8, 4) is 0 Å². The average molecular weight is 346 g/mol. The normalized spacial score (nSPS) is 27.7. The van der Waals surface area contributed by atoms with Gasteiger partial charge in [-0.15, -0.1) is 0 Å². The number of aromatic nitrogens is 2. The number of allylic oxidation sites excluding steroid dienone is 4. The molecule has 2 aromatic rings. The number of H-pyrrole nitrogens is 1. The molecule has 4 unspecified atom stereocenters. The number of aromatic amines is 1. The number of imidazole rings is 1. The second-order valence-corrected chi connectivity index (χ2v) is 7.74. The van der Waals surface area contributed by atoms with Gasteiger partial charge in [0.25, 0.3) is 0 Å². The Balaban J connectivity index is 1.64. The molecule has 0 aliphatic heterocycles. The zero-order valence-corrected chi connectivity index (χ0v) is 15.3. The van der Waals surface area contributed by atoms with E-state index in [-0.39, 0.29) is 5.92 Å². The average Bonchev–Trinajstić information content (AvgIpc) is 3.15. The van der Waals surface area contributed by atoms with Crippen molar-refractivity contribution < 1.29 is 4.79 Å². The Morgan fingerprint density at radius 2 is 2.08 bits per heavy atom. The van der Waals surface area contributed by atoms with Crippen LogP contribution in [0.2, 0.25) is 0 Å². The van der Waals surface area contributed by atoms with Crippen molar-refractivity contribution in [3.05, 3.63) is 77.9 Å². The molecular formula is C23H26N2O. The van der Waals surface area contributed by atoms with E-state index in [9.17, 15) is 4.79 Å². The topological polar surface area (TPSA) is 45.8 Å². The summed E-state index contributed by atoms with van der Waals surface area (Å²) in [5.74, 6) is 1.71. The standard InChI is InChI=1S/C23H26N2O/c1-16(26)23-19(11-17-7-3-2-4-8-17)12-18(13-20-14-24-15-25-20)21-9-5-6-10-22(21)23/h2-9,14-15,18-19,22-23H,10-13H2,1H3,(H,24,25). The third kappa shape index (κ3) is 3.44. The number of hydrogen-bond donors (Lipinski definition) is 1. The van der Waals surface area contributed by atoms with E-state index in [0.29, 0.717) is 23.5 Å². The summed E-state index contributed by atoms with van der Waals surface area (Å²) in [6, 6.07) is 10.6. The van der Waals surface area contributed by atoms with E-state index in [1.165, 1.54) is 16.8 Å². The van der Waals surface area contributed by atoms with Gasteiger partial charge in [-0.05, 0) is 55.9 Å². The van der Waals surface area contributed by atoms with Crippen LogP contribution in [0.3, 0.4) is 0 Å². The monoisotopic (exact) mass is 346 g/mol. The molecular weight excluding hydrogens is 320 g/mol. The third-order valence-corrected chi connectivity index (χ3v) is 6.07. The Hall–Kier alpha value is -2.42. The van der Waals surface area contributed by atoms with Crippen molar-refractivity contribution in [1.82, 2.24) is 9.97 Å². The van der Waals surface area contributed by atoms with Gasteiger partial charge in [-0.1, -0.05) is 54.1 Å². The van der Waals surface area contributed by atoms with E-state index in [0.717, 1.165) is 25.7 Å². The van der Waals surface area contributed by atoms with E-state index in [1.807, 2.05) is 6.20 Å². The number of carbonyl (C=O) groups is 1. The number of ketones is 1. The minimum absolute atomic E-state index is 0.129. The number of hydrogen-bond acceptors (Lipinski definition) is 2. The molecule has 134 valence electrons. The lowest BCUT2D eigenvalue weighted by Gasteiger charge is -2.44. The van der Waals surface area contributed by atoms with Crippen LogP contribution in [0.15, 0.2) is 66.7 Å². The molecule has 1 heterocycles. The second-order valence-electron chi connectivity index (χ2n) is 7.74. The molecule has 1 N–H and O–H groups in total. The smallest absolute Gasteiger partial charge is 0.133 e. The summed E-state index contributed by atoms with van der Waals surface area (Å²) in [5, 5.41) is 0. The highest BCUT2D eigenvalue weighted by molar-refractivity contribution is 5.80. The van der Waals surface area contributed by atoms with Crippen LogP contribution in [0.5, 0.6) is 0 Å². The first-order valence-corrected chi connectivity index (χ1v) is 9.60. The fourth-order valence-electron chi connectivity index (χ4n) is 5.04. The molecule has 4 rings (SSSR count). The lowest BCUT2D eigenvalue weighted by Crippen LogP contribution is -2.40. The minimum Gasteiger partial charge on any atom is -0.348 e. The van der Waals surface area contributed by atoms with Crippen LogP contribution in [0.25, 0.3) is 0 Å². The van der Waals surface area contributed by atoms with Gasteiger partial charge >= 0.3 is 0 Å². The Morgan fingerprint density at radius 1 is 1.23 bits per heavy atom. The van der Waals surface area contributed by atoms with Crippen molar-refractivity contribution >= 4 is 5.78 Å². The van der Waals surface area contributed by atoms with Crippen LogP contribution in [0.1, 0.15) is 31.0 Å². The van der Waals surface area contributed by atoms with E-state index in [1.54, 1.807) is 13.3 Å². The summed E-state index contributed by atoms with van der Waals surface area (Å²) < 4.78 is 0. The number of nitrogens with one attached hydrogen (secondary N) is 1. The van der Waals surface area contributed by atoms with Gasteiger partial charge in [0.1, 0.15) is 5.78 Å². The van der Waals surface area contributed by atoms with Crippen LogP contribution >= 0.6 is 0 Å². The van der Waals surface area contributed by atoms with Crippen LogP contribution in [0.4, 0.5) is 0 Å². The molecule has 0 spiro atoms. The minimum atomic E-state index is 0.129. The molecule has 3 nitrogen and oxygen atoms in total. The van der Waals surface area contributed by atoms with Gasteiger partial charge in [0.05, 0.1) is 6.33 Å². The Morgan fingerprint density at radius 3 is 2.81 bits per heavy atom. The number of Topliss-reactive ketones (excluding diaryl/α,β-unsaturated/α-hetero) is 1. The molecule has 0 radical (unpaired) electrons. The number of rotatable bonds is 5. The van der Waals surface area contributed by atoms with Gasteiger partial charge < -0.3 is 4.98 Å². The molecule has 1 saturated carbocycles. The van der Waals surface area contributed by atoms with Crippen molar-refractivity contribution in [2.45, 2.75) is 32.6 Å². The van der Waals surface area contributed by atoms with E-state index >= 15 is 0 Å². The molecule has 1 aromatic heterocycles. The zero-order chi connectivity index (χ0) is 17.9. The van der Waals surface area contributed by atoms with Gasteiger partial charge in [0, 0.05) is 17.8 Å². The summed E-state index contributed by atoms with van der Waals surface area (Å²) in [7, 11) is 0. The fraction of sp³-hybridized carbons (Fsp3) is 0.391. The first-order chi connectivity index (χ1) is 12.7. The molecule has 4 atom stereocenters. The fourth-order valence-corrected chi connectivity index (χ4v) is 5.04. The van der Waals surface area contributed by atoms with Crippen LogP contribution in [0, 0.1) is 23.7 Å². The second kappa shape index (κ2) is 7.45. The Bertz CT molecular complexity index is 804. The highest BCUT2D eigenvalue weighted by Crippen LogP contribution is 2.47. The van der Waals surface area contributed by atoms with Gasteiger partial charge in [0.15, 0.2) is 0 Å².